The number of piperidine rings is 1. The van der Waals surface area contributed by atoms with Crippen LogP contribution in [0.25, 0.3) is 0 Å². The zero-order chi connectivity index (χ0) is 25.6. The number of hydrogen-bond donors (Lipinski definition) is 1. The van der Waals surface area contributed by atoms with Crippen molar-refractivity contribution in [3.05, 3.63) is 47.0 Å². The fraction of sp³-hybridized carbons (Fsp3) is 0.586. The quantitative estimate of drug-likeness (QED) is 0.519. The van der Waals surface area contributed by atoms with E-state index in [0.29, 0.717) is 16.7 Å². The first-order chi connectivity index (χ1) is 18.0. The van der Waals surface area contributed by atoms with Gasteiger partial charge in [0.05, 0.1) is 12.1 Å². The van der Waals surface area contributed by atoms with Crippen molar-refractivity contribution in [2.75, 3.05) is 25.0 Å². The summed E-state index contributed by atoms with van der Waals surface area (Å²) in [4.78, 5) is 46.9. The van der Waals surface area contributed by atoms with E-state index in [2.05, 4.69) is 34.6 Å². The van der Waals surface area contributed by atoms with E-state index in [0.717, 1.165) is 70.9 Å². The number of rotatable bonds is 9. The van der Waals surface area contributed by atoms with Gasteiger partial charge in [-0.1, -0.05) is 49.6 Å². The first kappa shape index (κ1) is 25.9. The van der Waals surface area contributed by atoms with Crippen molar-refractivity contribution < 1.29 is 14.4 Å². The Morgan fingerprint density at radius 1 is 0.973 bits per heavy atom. The Balaban J connectivity index is 1.07. The van der Waals surface area contributed by atoms with Crippen LogP contribution in [0.2, 0.25) is 0 Å². The van der Waals surface area contributed by atoms with Crippen LogP contribution in [0.5, 0.6) is 0 Å². The van der Waals surface area contributed by atoms with Crippen molar-refractivity contribution in [3.63, 3.8) is 0 Å². The predicted octanol–water partition coefficient (Wildman–Crippen LogP) is 4.68. The van der Waals surface area contributed by atoms with E-state index < -0.39 is 0 Å². The standard InChI is InChI=1S/C29H38N4O3S/c34-26(19-33(25-11-12-25)28(36)23-9-5-2-6-10-23)31-29-30-24(20-37-29)18-27(35)32-15-13-22(14-16-32)17-21-7-3-1-4-8-21/h1,3-4,7-8,20,22-23,25H,2,5-6,9-19H2,(H,30,31,34). The number of anilines is 1. The van der Waals surface area contributed by atoms with Gasteiger partial charge >= 0.3 is 0 Å². The van der Waals surface area contributed by atoms with Crippen molar-refractivity contribution in [2.45, 2.75) is 76.7 Å². The lowest BCUT2D eigenvalue weighted by Crippen LogP contribution is -2.43. The molecular weight excluding hydrogens is 484 g/mol. The number of benzene rings is 1. The molecule has 1 aromatic carbocycles. The number of likely N-dealkylation sites (tertiary alicyclic amines) is 1. The van der Waals surface area contributed by atoms with Gasteiger partial charge in [-0.25, -0.2) is 4.98 Å². The van der Waals surface area contributed by atoms with E-state index in [1.807, 2.05) is 16.3 Å². The average Bonchev–Trinajstić information content (AvgIpc) is 3.68. The Bertz CT molecular complexity index is 1070. The summed E-state index contributed by atoms with van der Waals surface area (Å²) in [6.45, 7) is 1.66. The SMILES string of the molecule is O=C(CN(C(=O)C1CCCCC1)C1CC1)Nc1nc(CC(=O)N2CCC(Cc3ccccc3)CC2)cs1. The maximum absolute atomic E-state index is 13.0. The maximum Gasteiger partial charge on any atom is 0.245 e. The summed E-state index contributed by atoms with van der Waals surface area (Å²) in [6, 6.07) is 10.8. The lowest BCUT2D eigenvalue weighted by molar-refractivity contribution is -0.139. The second-order valence-corrected chi connectivity index (χ2v) is 11.8. The lowest BCUT2D eigenvalue weighted by atomic mass is 9.88. The second-order valence-electron chi connectivity index (χ2n) is 10.9. The molecule has 2 heterocycles. The smallest absolute Gasteiger partial charge is 0.245 e. The summed E-state index contributed by atoms with van der Waals surface area (Å²) >= 11 is 1.34. The third-order valence-electron chi connectivity index (χ3n) is 8.00. The van der Waals surface area contributed by atoms with Gasteiger partial charge in [-0.15, -0.1) is 11.3 Å². The molecule has 2 aromatic rings. The first-order valence-electron chi connectivity index (χ1n) is 13.9. The Labute approximate surface area is 223 Å². The molecule has 1 aliphatic heterocycles. The first-order valence-corrected chi connectivity index (χ1v) is 14.8. The van der Waals surface area contributed by atoms with Crippen molar-refractivity contribution >= 4 is 34.2 Å². The summed E-state index contributed by atoms with van der Waals surface area (Å²) in [5.41, 5.74) is 2.05. The van der Waals surface area contributed by atoms with Crippen molar-refractivity contribution in [1.29, 1.82) is 0 Å². The van der Waals surface area contributed by atoms with Gasteiger partial charge in [0.15, 0.2) is 5.13 Å². The number of nitrogens with one attached hydrogen (secondary N) is 1. The van der Waals surface area contributed by atoms with Crippen LogP contribution >= 0.6 is 11.3 Å². The molecule has 0 radical (unpaired) electrons. The molecule has 3 aliphatic rings. The number of aromatic nitrogens is 1. The Hall–Kier alpha value is -2.74. The molecule has 7 nitrogen and oxygen atoms in total. The highest BCUT2D eigenvalue weighted by atomic mass is 32.1. The highest BCUT2D eigenvalue weighted by molar-refractivity contribution is 7.13. The molecule has 0 bridgehead atoms. The van der Waals surface area contributed by atoms with Crippen LogP contribution in [-0.4, -0.2) is 58.2 Å². The molecule has 1 aromatic heterocycles. The van der Waals surface area contributed by atoms with Gasteiger partial charge in [0.1, 0.15) is 6.54 Å². The maximum atomic E-state index is 13.0. The molecule has 0 atom stereocenters. The highest BCUT2D eigenvalue weighted by Crippen LogP contribution is 2.32. The van der Waals surface area contributed by atoms with Crippen LogP contribution in [0.3, 0.4) is 0 Å². The van der Waals surface area contributed by atoms with Crippen molar-refractivity contribution in [3.8, 4) is 0 Å². The normalized spacial score (nSPS) is 19.0. The Kier molecular flexibility index (Phi) is 8.54. The third kappa shape index (κ3) is 7.18. The van der Waals surface area contributed by atoms with Crippen LogP contribution in [0, 0.1) is 11.8 Å². The molecule has 37 heavy (non-hydrogen) atoms. The highest BCUT2D eigenvalue weighted by Gasteiger charge is 2.37. The van der Waals surface area contributed by atoms with Gasteiger partial charge in [-0.2, -0.15) is 0 Å². The summed E-state index contributed by atoms with van der Waals surface area (Å²) in [7, 11) is 0. The third-order valence-corrected chi connectivity index (χ3v) is 8.81. The molecule has 0 unspecified atom stereocenters. The van der Waals surface area contributed by atoms with E-state index in [9.17, 15) is 14.4 Å². The van der Waals surface area contributed by atoms with Crippen LogP contribution in [-0.2, 0) is 27.2 Å². The minimum Gasteiger partial charge on any atom is -0.342 e. The molecule has 2 aliphatic carbocycles. The second kappa shape index (κ2) is 12.2. The van der Waals surface area contributed by atoms with Crippen LogP contribution in [0.15, 0.2) is 35.7 Å². The molecule has 198 valence electrons. The molecule has 1 saturated heterocycles. The number of carbonyl (C=O) groups is 3. The molecule has 0 spiro atoms. The van der Waals surface area contributed by atoms with E-state index >= 15 is 0 Å². The van der Waals surface area contributed by atoms with E-state index in [1.54, 1.807) is 4.90 Å². The largest absolute Gasteiger partial charge is 0.342 e. The predicted molar refractivity (Wildman–Crippen MR) is 145 cm³/mol. The van der Waals surface area contributed by atoms with Gasteiger partial charge in [0, 0.05) is 30.4 Å². The molecule has 1 N–H and O–H groups in total. The summed E-state index contributed by atoms with van der Waals surface area (Å²) in [5.74, 6) is 0.731. The van der Waals surface area contributed by atoms with Crippen LogP contribution < -0.4 is 5.32 Å². The van der Waals surface area contributed by atoms with E-state index in [1.165, 1.54) is 23.3 Å². The Morgan fingerprint density at radius 2 is 1.70 bits per heavy atom. The Morgan fingerprint density at radius 3 is 2.41 bits per heavy atom. The number of hydrogen-bond acceptors (Lipinski definition) is 5. The topological polar surface area (TPSA) is 82.6 Å². The fourth-order valence-corrected chi connectivity index (χ4v) is 6.44. The van der Waals surface area contributed by atoms with Crippen LogP contribution in [0.1, 0.15) is 69.0 Å². The van der Waals surface area contributed by atoms with Gasteiger partial charge in [0.2, 0.25) is 17.7 Å². The monoisotopic (exact) mass is 522 g/mol. The number of amides is 3. The minimum atomic E-state index is -0.205. The summed E-state index contributed by atoms with van der Waals surface area (Å²) in [5, 5.41) is 5.21. The lowest BCUT2D eigenvalue weighted by Gasteiger charge is -2.32. The zero-order valence-electron chi connectivity index (χ0n) is 21.6. The van der Waals surface area contributed by atoms with E-state index in [4.69, 9.17) is 0 Å². The summed E-state index contributed by atoms with van der Waals surface area (Å²) in [6.07, 6.45) is 10.6. The zero-order valence-corrected chi connectivity index (χ0v) is 22.4. The van der Waals surface area contributed by atoms with Gasteiger partial charge in [0.25, 0.3) is 0 Å². The number of carbonyl (C=O) groups excluding carboxylic acids is 3. The molecule has 3 fully saturated rings. The minimum absolute atomic E-state index is 0.0723. The summed E-state index contributed by atoms with van der Waals surface area (Å²) < 4.78 is 0. The van der Waals surface area contributed by atoms with Crippen LogP contribution in [0.4, 0.5) is 5.13 Å². The molecule has 5 rings (SSSR count). The number of nitrogens with zero attached hydrogens (tertiary/aromatic N) is 3. The van der Waals surface area contributed by atoms with Gasteiger partial charge in [-0.05, 0) is 56.4 Å². The van der Waals surface area contributed by atoms with Gasteiger partial charge in [-0.3, -0.25) is 14.4 Å². The molecule has 3 amide bonds. The molecule has 2 saturated carbocycles. The van der Waals surface area contributed by atoms with Crippen molar-refractivity contribution in [1.82, 2.24) is 14.8 Å². The molecular formula is C29H38N4O3S. The van der Waals surface area contributed by atoms with Gasteiger partial charge < -0.3 is 15.1 Å². The van der Waals surface area contributed by atoms with E-state index in [-0.39, 0.29) is 42.6 Å². The fourth-order valence-electron chi connectivity index (χ4n) is 5.72. The van der Waals surface area contributed by atoms with Crippen molar-refractivity contribution in [2.24, 2.45) is 11.8 Å². The molecule has 8 heteroatoms. The average molecular weight is 523 g/mol. The number of thiazole rings is 1.